The summed E-state index contributed by atoms with van der Waals surface area (Å²) in [4.78, 5) is 12.8. The monoisotopic (exact) mass is 385 g/mol. The van der Waals surface area contributed by atoms with Gasteiger partial charge in [-0.1, -0.05) is 18.2 Å². The van der Waals surface area contributed by atoms with E-state index in [1.165, 1.54) is 22.9 Å². The Kier molecular flexibility index (Phi) is 4.45. The van der Waals surface area contributed by atoms with Crippen molar-refractivity contribution in [2.75, 3.05) is 5.32 Å². The maximum absolute atomic E-state index is 14.0. The van der Waals surface area contributed by atoms with E-state index in [9.17, 15) is 18.0 Å². The van der Waals surface area contributed by atoms with Crippen LogP contribution in [0.1, 0.15) is 18.4 Å². The molecular weight excluding hydrogens is 367 g/mol. The van der Waals surface area contributed by atoms with Gasteiger partial charge in [-0.15, -0.1) is 0 Å². The minimum atomic E-state index is -0.728. The fourth-order valence-electron chi connectivity index (χ4n) is 3.30. The Labute approximate surface area is 160 Å². The molecule has 1 saturated carbocycles. The highest BCUT2D eigenvalue weighted by Gasteiger charge is 2.50. The molecular formula is C21H18F3N3O. The third kappa shape index (κ3) is 3.40. The molecule has 4 nitrogen and oxygen atoms in total. The molecule has 0 saturated heterocycles. The third-order valence-electron chi connectivity index (χ3n) is 5.15. The Hall–Kier alpha value is -3.09. The van der Waals surface area contributed by atoms with Crippen LogP contribution in [0, 0.1) is 22.9 Å². The fourth-order valence-corrected chi connectivity index (χ4v) is 3.30. The van der Waals surface area contributed by atoms with E-state index in [4.69, 9.17) is 0 Å². The summed E-state index contributed by atoms with van der Waals surface area (Å²) in [5.41, 5.74) is 0.293. The van der Waals surface area contributed by atoms with Crippen LogP contribution in [0.25, 0.3) is 11.3 Å². The Balaban J connectivity index is 1.54. The maximum atomic E-state index is 14.0. The number of rotatable bonds is 5. The molecule has 28 heavy (non-hydrogen) atoms. The highest BCUT2D eigenvalue weighted by Crippen LogP contribution is 2.49. The Bertz CT molecular complexity index is 1060. The van der Waals surface area contributed by atoms with Crippen LogP contribution in [0.4, 0.5) is 19.0 Å². The molecule has 7 heteroatoms. The molecule has 1 aromatic heterocycles. The lowest BCUT2D eigenvalue weighted by atomic mass is 9.95. The number of anilines is 1. The van der Waals surface area contributed by atoms with Gasteiger partial charge in [0.1, 0.15) is 23.3 Å². The zero-order valence-corrected chi connectivity index (χ0v) is 15.2. The summed E-state index contributed by atoms with van der Waals surface area (Å²) >= 11 is 0. The van der Waals surface area contributed by atoms with Gasteiger partial charge in [-0.25, -0.2) is 13.2 Å². The first kappa shape index (κ1) is 18.3. The summed E-state index contributed by atoms with van der Waals surface area (Å²) in [6.07, 6.45) is 1.66. The van der Waals surface area contributed by atoms with Crippen molar-refractivity contribution in [2.45, 2.75) is 19.3 Å². The van der Waals surface area contributed by atoms with Gasteiger partial charge in [0.05, 0.1) is 11.1 Å². The number of amides is 1. The molecule has 3 aromatic rings. The first-order chi connectivity index (χ1) is 13.4. The van der Waals surface area contributed by atoms with E-state index in [1.807, 2.05) is 0 Å². The van der Waals surface area contributed by atoms with E-state index in [2.05, 4.69) is 10.4 Å². The molecule has 0 unspecified atom stereocenters. The van der Waals surface area contributed by atoms with E-state index >= 15 is 0 Å². The first-order valence-electron chi connectivity index (χ1n) is 8.92. The second kappa shape index (κ2) is 6.82. The number of benzene rings is 2. The zero-order valence-electron chi connectivity index (χ0n) is 15.2. The van der Waals surface area contributed by atoms with Gasteiger partial charge in [0.2, 0.25) is 5.91 Å². The number of carbonyl (C=O) groups is 1. The second-order valence-electron chi connectivity index (χ2n) is 7.17. The summed E-state index contributed by atoms with van der Waals surface area (Å²) < 4.78 is 42.5. The van der Waals surface area contributed by atoms with Gasteiger partial charge in [0, 0.05) is 24.7 Å². The standard InChI is InChI=1S/C21H18F3N3O/c1-27-19(11-18(26-27)15-7-6-14(22)10-17(15)24)25-20(28)21(8-9-21)12-13-4-2-3-5-16(13)23/h2-7,10-11H,8-9,12H2,1H3,(H,25,28). The van der Waals surface area contributed by atoms with Crippen LogP contribution in [0.2, 0.25) is 0 Å². The minimum absolute atomic E-state index is 0.144. The Morgan fingerprint density at radius 3 is 2.54 bits per heavy atom. The van der Waals surface area contributed by atoms with Crippen molar-refractivity contribution in [3.05, 3.63) is 71.5 Å². The number of carbonyl (C=O) groups excluding carboxylic acids is 1. The fraction of sp³-hybridized carbons (Fsp3) is 0.238. The number of halogens is 3. The SMILES string of the molecule is Cn1nc(-c2ccc(F)cc2F)cc1NC(=O)C1(Cc2ccccc2F)CC1. The molecule has 1 N–H and O–H groups in total. The number of nitrogens with zero attached hydrogens (tertiary/aromatic N) is 2. The van der Waals surface area contributed by atoms with Crippen molar-refractivity contribution < 1.29 is 18.0 Å². The number of hydrogen-bond donors (Lipinski definition) is 1. The normalized spacial score (nSPS) is 14.7. The molecule has 4 rings (SSSR count). The summed E-state index contributed by atoms with van der Waals surface area (Å²) in [6, 6.07) is 11.2. The van der Waals surface area contributed by atoms with Gasteiger partial charge in [0.25, 0.3) is 0 Å². The number of aromatic nitrogens is 2. The van der Waals surface area contributed by atoms with Gasteiger partial charge < -0.3 is 5.32 Å². The van der Waals surface area contributed by atoms with Crippen molar-refractivity contribution >= 4 is 11.7 Å². The van der Waals surface area contributed by atoms with Crippen LogP contribution in [0.15, 0.2) is 48.5 Å². The van der Waals surface area contributed by atoms with Crippen LogP contribution < -0.4 is 5.32 Å². The van der Waals surface area contributed by atoms with Crippen LogP contribution in [0.3, 0.4) is 0 Å². The Morgan fingerprint density at radius 2 is 1.86 bits per heavy atom. The average Bonchev–Trinajstić information content (AvgIpc) is 3.35. The van der Waals surface area contributed by atoms with E-state index < -0.39 is 17.0 Å². The molecule has 144 valence electrons. The lowest BCUT2D eigenvalue weighted by Gasteiger charge is -2.15. The summed E-state index contributed by atoms with van der Waals surface area (Å²) in [7, 11) is 1.62. The van der Waals surface area contributed by atoms with Gasteiger partial charge in [-0.3, -0.25) is 9.48 Å². The lowest BCUT2D eigenvalue weighted by molar-refractivity contribution is -0.121. The van der Waals surface area contributed by atoms with Crippen molar-refractivity contribution in [1.82, 2.24) is 9.78 Å². The molecule has 0 aliphatic heterocycles. The van der Waals surface area contributed by atoms with E-state index in [0.29, 0.717) is 30.6 Å². The van der Waals surface area contributed by atoms with E-state index in [-0.39, 0.29) is 23.0 Å². The molecule has 0 spiro atoms. The topological polar surface area (TPSA) is 46.9 Å². The molecule has 1 amide bonds. The summed E-state index contributed by atoms with van der Waals surface area (Å²) in [6.45, 7) is 0. The second-order valence-corrected chi connectivity index (χ2v) is 7.17. The van der Waals surface area contributed by atoms with Crippen molar-refractivity contribution in [3.63, 3.8) is 0 Å². The highest BCUT2D eigenvalue weighted by molar-refractivity contribution is 5.97. The largest absolute Gasteiger partial charge is 0.310 e. The van der Waals surface area contributed by atoms with Crippen LogP contribution >= 0.6 is 0 Å². The van der Waals surface area contributed by atoms with Crippen LogP contribution in [0.5, 0.6) is 0 Å². The van der Waals surface area contributed by atoms with E-state index in [0.717, 1.165) is 12.1 Å². The lowest BCUT2D eigenvalue weighted by Crippen LogP contribution is -2.27. The van der Waals surface area contributed by atoms with Crippen LogP contribution in [-0.2, 0) is 18.3 Å². The molecule has 1 heterocycles. The molecule has 2 aromatic carbocycles. The predicted molar refractivity (Wildman–Crippen MR) is 99.0 cm³/mol. The molecule has 0 atom stereocenters. The molecule has 1 aliphatic rings. The minimum Gasteiger partial charge on any atom is -0.310 e. The average molecular weight is 385 g/mol. The zero-order chi connectivity index (χ0) is 19.9. The van der Waals surface area contributed by atoms with Gasteiger partial charge >= 0.3 is 0 Å². The first-order valence-corrected chi connectivity index (χ1v) is 8.92. The van der Waals surface area contributed by atoms with Gasteiger partial charge in [0.15, 0.2) is 0 Å². The number of hydrogen-bond acceptors (Lipinski definition) is 2. The quantitative estimate of drug-likeness (QED) is 0.705. The Morgan fingerprint density at radius 1 is 1.11 bits per heavy atom. The predicted octanol–water partition coefficient (Wildman–Crippen LogP) is 4.47. The maximum Gasteiger partial charge on any atom is 0.232 e. The number of aryl methyl sites for hydroxylation is 1. The van der Waals surface area contributed by atoms with Crippen molar-refractivity contribution in [2.24, 2.45) is 12.5 Å². The highest BCUT2D eigenvalue weighted by atomic mass is 19.1. The number of nitrogens with one attached hydrogen (secondary N) is 1. The van der Waals surface area contributed by atoms with Gasteiger partial charge in [-0.2, -0.15) is 5.10 Å². The van der Waals surface area contributed by atoms with Gasteiger partial charge in [-0.05, 0) is 43.0 Å². The summed E-state index contributed by atoms with van der Waals surface area (Å²) in [5, 5.41) is 7.02. The molecule has 1 fully saturated rings. The molecule has 0 bridgehead atoms. The van der Waals surface area contributed by atoms with E-state index in [1.54, 1.807) is 25.2 Å². The van der Waals surface area contributed by atoms with Crippen molar-refractivity contribution in [3.8, 4) is 11.3 Å². The van der Waals surface area contributed by atoms with Crippen LogP contribution in [-0.4, -0.2) is 15.7 Å². The summed E-state index contributed by atoms with van der Waals surface area (Å²) in [5.74, 6) is -1.55. The molecule has 1 aliphatic carbocycles. The smallest absolute Gasteiger partial charge is 0.232 e. The van der Waals surface area contributed by atoms with Crippen molar-refractivity contribution in [1.29, 1.82) is 0 Å². The molecule has 0 radical (unpaired) electrons. The third-order valence-corrected chi connectivity index (χ3v) is 5.15.